The number of anilines is 1. The Labute approximate surface area is 195 Å². The number of thiophene rings is 1. The molecule has 1 aliphatic heterocycles. The molecule has 0 saturated carbocycles. The average Bonchev–Trinajstić information content (AvgIpc) is 3.15. The molecule has 8 nitrogen and oxygen atoms in total. The highest BCUT2D eigenvalue weighted by molar-refractivity contribution is 7.89. The molecule has 4 rings (SSSR count). The summed E-state index contributed by atoms with van der Waals surface area (Å²) in [5.41, 5.74) is -0.412. The van der Waals surface area contributed by atoms with Crippen LogP contribution in [0.15, 0.2) is 53.1 Å². The van der Waals surface area contributed by atoms with E-state index in [2.05, 4.69) is 10.3 Å². The normalized spacial score (nSPS) is 14.7. The molecular formula is C20H14ClF2N3O5S2. The van der Waals surface area contributed by atoms with Gasteiger partial charge in [-0.1, -0.05) is 17.7 Å². The van der Waals surface area contributed by atoms with Gasteiger partial charge in [0, 0.05) is 24.7 Å². The number of aliphatic hydroxyl groups excluding tert-OH is 1. The van der Waals surface area contributed by atoms with E-state index in [4.69, 9.17) is 16.3 Å². The highest BCUT2D eigenvalue weighted by Crippen LogP contribution is 2.41. The van der Waals surface area contributed by atoms with Crippen molar-refractivity contribution < 1.29 is 31.8 Å². The predicted octanol–water partition coefficient (Wildman–Crippen LogP) is 4.15. The van der Waals surface area contributed by atoms with Gasteiger partial charge < -0.3 is 15.2 Å². The maximum atomic E-state index is 13.8. The Morgan fingerprint density at radius 2 is 2.03 bits per heavy atom. The molecule has 33 heavy (non-hydrogen) atoms. The van der Waals surface area contributed by atoms with E-state index >= 15 is 0 Å². The number of halogens is 3. The van der Waals surface area contributed by atoms with Gasteiger partial charge in [-0.3, -0.25) is 9.10 Å². The van der Waals surface area contributed by atoms with Crippen molar-refractivity contribution in [1.82, 2.24) is 9.29 Å². The molecule has 13 heteroatoms. The highest BCUT2D eigenvalue weighted by atomic mass is 35.5. The fourth-order valence-electron chi connectivity index (χ4n) is 3.01. The molecule has 2 N–H and O–H groups in total. The summed E-state index contributed by atoms with van der Waals surface area (Å²) in [6.45, 7) is -0.245. The second kappa shape index (κ2) is 8.61. The molecule has 3 heterocycles. The summed E-state index contributed by atoms with van der Waals surface area (Å²) >= 11 is 6.71. The lowest BCUT2D eigenvalue weighted by Crippen LogP contribution is -2.36. The third-order valence-electron chi connectivity index (χ3n) is 4.63. The van der Waals surface area contributed by atoms with Crippen LogP contribution in [0.5, 0.6) is 5.88 Å². The lowest BCUT2D eigenvalue weighted by Gasteiger charge is -2.26. The van der Waals surface area contributed by atoms with Gasteiger partial charge in [-0.15, -0.1) is 11.3 Å². The van der Waals surface area contributed by atoms with Crippen LogP contribution < -0.4 is 10.1 Å². The fraction of sp³-hybridized carbons (Fsp3) is 0.100. The smallest absolute Gasteiger partial charge is 0.278 e. The average molecular weight is 514 g/mol. The van der Waals surface area contributed by atoms with Crippen molar-refractivity contribution in [2.24, 2.45) is 0 Å². The molecule has 1 amide bonds. The van der Waals surface area contributed by atoms with E-state index < -0.39 is 39.0 Å². The summed E-state index contributed by atoms with van der Waals surface area (Å²) in [5, 5.41) is 13.0. The number of aliphatic hydroxyl groups is 1. The van der Waals surface area contributed by atoms with Gasteiger partial charge in [0.15, 0.2) is 11.5 Å². The Bertz CT molecular complexity index is 1410. The Morgan fingerprint density at radius 3 is 2.76 bits per heavy atom. The lowest BCUT2D eigenvalue weighted by molar-refractivity contribution is -0.113. The molecule has 1 aliphatic rings. The number of amides is 1. The van der Waals surface area contributed by atoms with Gasteiger partial charge in [0.1, 0.15) is 29.0 Å². The van der Waals surface area contributed by atoms with Crippen LogP contribution in [0.3, 0.4) is 0 Å². The zero-order valence-corrected chi connectivity index (χ0v) is 19.1. The second-order valence-electron chi connectivity index (χ2n) is 6.75. The van der Waals surface area contributed by atoms with Gasteiger partial charge in [0.05, 0.1) is 9.21 Å². The minimum absolute atomic E-state index is 0.0156. The molecule has 0 radical (unpaired) electrons. The maximum Gasteiger partial charge on any atom is 0.278 e. The first kappa shape index (κ1) is 23.0. The van der Waals surface area contributed by atoms with E-state index in [1.165, 1.54) is 30.3 Å². The summed E-state index contributed by atoms with van der Waals surface area (Å²) < 4.78 is 58.4. The zero-order valence-electron chi connectivity index (χ0n) is 16.7. The van der Waals surface area contributed by atoms with E-state index in [1.807, 2.05) is 0 Å². The first-order chi connectivity index (χ1) is 15.6. The molecule has 0 spiro atoms. The Morgan fingerprint density at radius 1 is 1.27 bits per heavy atom. The maximum absolute atomic E-state index is 13.8. The van der Waals surface area contributed by atoms with Crippen LogP contribution in [0.2, 0.25) is 4.34 Å². The van der Waals surface area contributed by atoms with E-state index in [0.29, 0.717) is 4.31 Å². The summed E-state index contributed by atoms with van der Waals surface area (Å²) in [5.74, 6) is -2.98. The van der Waals surface area contributed by atoms with Crippen molar-refractivity contribution in [2.45, 2.75) is 11.5 Å². The minimum Gasteiger partial charge on any atom is -0.504 e. The van der Waals surface area contributed by atoms with Crippen molar-refractivity contribution in [3.8, 4) is 5.88 Å². The number of fused-ring (bicyclic) bond motifs is 1. The predicted molar refractivity (Wildman–Crippen MR) is 117 cm³/mol. The molecule has 172 valence electrons. The van der Waals surface area contributed by atoms with Gasteiger partial charge >= 0.3 is 0 Å². The summed E-state index contributed by atoms with van der Waals surface area (Å²) in [6, 6.07) is 8.60. The molecule has 0 unspecified atom stereocenters. The summed E-state index contributed by atoms with van der Waals surface area (Å²) in [7, 11) is -2.98. The number of sulfonamides is 1. The van der Waals surface area contributed by atoms with Crippen LogP contribution in [0.25, 0.3) is 5.76 Å². The Kier molecular flexibility index (Phi) is 5.99. The van der Waals surface area contributed by atoms with E-state index in [9.17, 15) is 27.1 Å². The van der Waals surface area contributed by atoms with Gasteiger partial charge in [-0.2, -0.15) is 4.98 Å². The van der Waals surface area contributed by atoms with Gasteiger partial charge in [-0.05, 0) is 24.3 Å². The van der Waals surface area contributed by atoms with Crippen molar-refractivity contribution in [3.63, 3.8) is 0 Å². The van der Waals surface area contributed by atoms with E-state index in [-0.39, 0.29) is 38.0 Å². The largest absolute Gasteiger partial charge is 0.504 e. The lowest BCUT2D eigenvalue weighted by atomic mass is 10.2. The number of benzene rings is 1. The number of nitrogens with one attached hydrogen (secondary N) is 1. The molecule has 0 saturated heterocycles. The van der Waals surface area contributed by atoms with Crippen molar-refractivity contribution >= 4 is 50.4 Å². The molecule has 0 aliphatic carbocycles. The molecule has 0 fully saturated rings. The molecule has 1 aromatic carbocycles. The van der Waals surface area contributed by atoms with Crippen LogP contribution in [0.4, 0.5) is 14.6 Å². The number of pyridine rings is 1. The fourth-order valence-corrected chi connectivity index (χ4v) is 5.96. The molecule has 2 aromatic heterocycles. The van der Waals surface area contributed by atoms with E-state index in [0.717, 1.165) is 30.5 Å². The Balaban J connectivity index is 1.55. The monoisotopic (exact) mass is 513 g/mol. The van der Waals surface area contributed by atoms with Gasteiger partial charge in [-0.25, -0.2) is 17.2 Å². The second-order valence-corrected chi connectivity index (χ2v) is 10.4. The van der Waals surface area contributed by atoms with Gasteiger partial charge in [0.25, 0.3) is 15.9 Å². The minimum atomic E-state index is -4.10. The van der Waals surface area contributed by atoms with E-state index in [1.54, 1.807) is 0 Å². The quantitative estimate of drug-likeness (QED) is 0.530. The first-order valence-corrected chi connectivity index (χ1v) is 11.8. The standard InChI is InChI=1S/C20H14ClF2N3O5S2/c1-26-17(18(27)19-13(33(26,29)30)8-14(21)32-19)20(28)25-15-3-2-4-16(24-15)31-9-10-5-6-11(22)7-12(10)23/h2-8,27H,9H2,1H3,(H,24,25,28). The number of hydrogen-bond donors (Lipinski definition) is 2. The number of aromatic nitrogens is 1. The molecule has 0 atom stereocenters. The third kappa shape index (κ3) is 4.36. The van der Waals surface area contributed by atoms with Gasteiger partial charge in [0.2, 0.25) is 5.88 Å². The number of rotatable bonds is 5. The molecule has 3 aromatic rings. The number of hydrogen-bond acceptors (Lipinski definition) is 7. The first-order valence-electron chi connectivity index (χ1n) is 9.15. The summed E-state index contributed by atoms with van der Waals surface area (Å²) in [6.07, 6.45) is 0. The van der Waals surface area contributed by atoms with Crippen LogP contribution in [-0.4, -0.2) is 35.8 Å². The number of likely N-dealkylation sites (N-methyl/N-ethyl adjacent to an activating group) is 1. The Hall–Kier alpha value is -3.22. The highest BCUT2D eigenvalue weighted by Gasteiger charge is 2.39. The van der Waals surface area contributed by atoms with Crippen molar-refractivity contribution in [2.75, 3.05) is 12.4 Å². The third-order valence-corrected chi connectivity index (χ3v) is 7.81. The summed E-state index contributed by atoms with van der Waals surface area (Å²) in [4.78, 5) is 16.6. The zero-order chi connectivity index (χ0) is 23.9. The van der Waals surface area contributed by atoms with Crippen molar-refractivity contribution in [1.29, 1.82) is 0 Å². The van der Waals surface area contributed by atoms with Crippen LogP contribution in [0.1, 0.15) is 10.4 Å². The van der Waals surface area contributed by atoms with Crippen LogP contribution in [0, 0.1) is 11.6 Å². The molecular weight excluding hydrogens is 500 g/mol. The van der Waals surface area contributed by atoms with Crippen LogP contribution >= 0.6 is 22.9 Å². The number of carbonyl (C=O) groups excluding carboxylic acids is 1. The topological polar surface area (TPSA) is 109 Å². The van der Waals surface area contributed by atoms with Crippen molar-refractivity contribution in [3.05, 3.63) is 74.6 Å². The number of carbonyl (C=O) groups is 1. The number of ether oxygens (including phenoxy) is 1. The number of nitrogens with zero attached hydrogens (tertiary/aromatic N) is 2. The van der Waals surface area contributed by atoms with Crippen LogP contribution in [-0.2, 0) is 21.4 Å². The SMILES string of the molecule is CN1C(C(=O)Nc2cccc(OCc3ccc(F)cc3F)n2)=C(O)c2sc(Cl)cc2S1(=O)=O. The molecule has 0 bridgehead atoms.